The first-order valence-electron chi connectivity index (χ1n) is 7.24. The van der Waals surface area contributed by atoms with Crippen molar-refractivity contribution in [3.63, 3.8) is 0 Å². The minimum absolute atomic E-state index is 0.0353. The van der Waals surface area contributed by atoms with Gasteiger partial charge >= 0.3 is 5.97 Å². The van der Waals surface area contributed by atoms with Crippen LogP contribution in [-0.2, 0) is 24.0 Å². The summed E-state index contributed by atoms with van der Waals surface area (Å²) in [6, 6.07) is 0. The third kappa shape index (κ3) is 10.1. The standard InChI is InChI=1S/C10H13NO4.C4H8N2O3/c12-8-5-6-9(13)11(8)7-3-1-2-4-10(14)15;5-3(7)1-2-4(8)6-9/h5-6H,1-4,7H2,(H,14,15);9H,1-2H2,(H2,5,7)(H,6,8). The lowest BCUT2D eigenvalue weighted by molar-refractivity contribution is -0.138. The zero-order chi connectivity index (χ0) is 18.5. The Morgan fingerprint density at radius 2 is 1.58 bits per heavy atom. The van der Waals surface area contributed by atoms with Crippen LogP contribution < -0.4 is 11.2 Å². The van der Waals surface area contributed by atoms with Gasteiger partial charge in [-0.3, -0.25) is 34.1 Å². The third-order valence-electron chi connectivity index (χ3n) is 2.90. The van der Waals surface area contributed by atoms with Gasteiger partial charge in [0.1, 0.15) is 0 Å². The van der Waals surface area contributed by atoms with Crippen LogP contribution in [0, 0.1) is 0 Å². The normalized spacial score (nSPS) is 12.6. The number of carbonyl (C=O) groups excluding carboxylic acids is 4. The number of aliphatic carboxylic acids is 1. The van der Waals surface area contributed by atoms with E-state index in [4.69, 9.17) is 16.0 Å². The molecule has 0 fully saturated rings. The van der Waals surface area contributed by atoms with Gasteiger partial charge < -0.3 is 10.8 Å². The molecule has 10 heteroatoms. The quantitative estimate of drug-likeness (QED) is 0.186. The lowest BCUT2D eigenvalue weighted by Gasteiger charge is -2.12. The highest BCUT2D eigenvalue weighted by atomic mass is 16.5. The van der Waals surface area contributed by atoms with Gasteiger partial charge in [-0.1, -0.05) is 6.42 Å². The Balaban J connectivity index is 0.000000506. The van der Waals surface area contributed by atoms with Crippen LogP contribution in [0.2, 0.25) is 0 Å². The third-order valence-corrected chi connectivity index (χ3v) is 2.90. The molecule has 0 aromatic heterocycles. The second kappa shape index (κ2) is 11.8. The molecule has 0 aromatic carbocycles. The number of nitrogens with two attached hydrogens (primary N) is 1. The molecule has 10 nitrogen and oxygen atoms in total. The molecule has 0 saturated carbocycles. The molecule has 24 heavy (non-hydrogen) atoms. The van der Waals surface area contributed by atoms with E-state index in [1.165, 1.54) is 22.5 Å². The van der Waals surface area contributed by atoms with E-state index < -0.39 is 17.8 Å². The number of carboxylic acid groups (broad SMARTS) is 1. The summed E-state index contributed by atoms with van der Waals surface area (Å²) in [4.78, 5) is 53.7. The van der Waals surface area contributed by atoms with Gasteiger partial charge in [0.15, 0.2) is 0 Å². The second-order valence-corrected chi connectivity index (χ2v) is 4.87. The van der Waals surface area contributed by atoms with Crippen molar-refractivity contribution in [1.82, 2.24) is 10.4 Å². The Kier molecular flexibility index (Phi) is 10.4. The van der Waals surface area contributed by atoms with E-state index in [0.717, 1.165) is 0 Å². The van der Waals surface area contributed by atoms with Crippen molar-refractivity contribution in [1.29, 1.82) is 0 Å². The Morgan fingerprint density at radius 1 is 1.00 bits per heavy atom. The number of nitrogens with zero attached hydrogens (tertiary/aromatic N) is 1. The number of carboxylic acids is 1. The van der Waals surface area contributed by atoms with Crippen molar-refractivity contribution in [3.05, 3.63) is 12.2 Å². The van der Waals surface area contributed by atoms with Gasteiger partial charge in [0, 0.05) is 38.0 Å². The maximum absolute atomic E-state index is 11.1. The maximum Gasteiger partial charge on any atom is 0.303 e. The van der Waals surface area contributed by atoms with Crippen LogP contribution >= 0.6 is 0 Å². The maximum atomic E-state index is 11.1. The lowest BCUT2D eigenvalue weighted by Crippen LogP contribution is -2.30. The van der Waals surface area contributed by atoms with Crippen molar-refractivity contribution < 1.29 is 34.3 Å². The summed E-state index contributed by atoms with van der Waals surface area (Å²) >= 11 is 0. The molecule has 0 atom stereocenters. The summed E-state index contributed by atoms with van der Waals surface area (Å²) < 4.78 is 0. The fraction of sp³-hybridized carbons (Fsp3) is 0.500. The van der Waals surface area contributed by atoms with Crippen LogP contribution in [0.1, 0.15) is 38.5 Å². The minimum atomic E-state index is -0.815. The number of rotatable bonds is 9. The molecule has 0 aliphatic carbocycles. The molecule has 1 aliphatic heterocycles. The Hall–Kier alpha value is -2.75. The molecular weight excluding hydrogens is 322 g/mol. The van der Waals surface area contributed by atoms with Crippen molar-refractivity contribution in [2.24, 2.45) is 5.73 Å². The van der Waals surface area contributed by atoms with E-state index in [1.807, 2.05) is 0 Å². The van der Waals surface area contributed by atoms with Gasteiger partial charge in [-0.05, 0) is 12.8 Å². The number of carbonyl (C=O) groups is 5. The number of nitrogens with one attached hydrogen (secondary N) is 1. The molecular formula is C14H21N3O7. The van der Waals surface area contributed by atoms with E-state index in [0.29, 0.717) is 25.8 Å². The van der Waals surface area contributed by atoms with Gasteiger partial charge in [0.05, 0.1) is 0 Å². The van der Waals surface area contributed by atoms with Gasteiger partial charge in [-0.15, -0.1) is 0 Å². The Bertz CT molecular complexity index is 498. The highest BCUT2D eigenvalue weighted by Crippen LogP contribution is 2.07. The number of unbranched alkanes of at least 4 members (excludes halogenated alkanes) is 2. The highest BCUT2D eigenvalue weighted by molar-refractivity contribution is 6.12. The van der Waals surface area contributed by atoms with E-state index in [-0.39, 0.29) is 31.1 Å². The van der Waals surface area contributed by atoms with E-state index in [9.17, 15) is 24.0 Å². The highest BCUT2D eigenvalue weighted by Gasteiger charge is 2.22. The molecule has 0 bridgehead atoms. The number of imide groups is 1. The second-order valence-electron chi connectivity index (χ2n) is 4.87. The average molecular weight is 343 g/mol. The summed E-state index contributed by atoms with van der Waals surface area (Å²) in [5.74, 6) is -2.53. The smallest absolute Gasteiger partial charge is 0.303 e. The molecule has 4 amide bonds. The molecule has 1 rings (SSSR count). The first-order valence-corrected chi connectivity index (χ1v) is 7.24. The van der Waals surface area contributed by atoms with Crippen LogP contribution in [0.5, 0.6) is 0 Å². The number of primary amides is 1. The first kappa shape index (κ1) is 21.2. The minimum Gasteiger partial charge on any atom is -0.481 e. The zero-order valence-corrected chi connectivity index (χ0v) is 13.1. The molecule has 0 spiro atoms. The topological polar surface area (TPSA) is 167 Å². The largest absolute Gasteiger partial charge is 0.481 e. The number of hydrogen-bond acceptors (Lipinski definition) is 6. The van der Waals surface area contributed by atoms with Crippen molar-refractivity contribution >= 4 is 29.6 Å². The summed E-state index contributed by atoms with van der Waals surface area (Å²) in [5.41, 5.74) is 6.07. The van der Waals surface area contributed by atoms with Gasteiger partial charge in [0.2, 0.25) is 11.8 Å². The lowest BCUT2D eigenvalue weighted by atomic mass is 10.2. The Morgan fingerprint density at radius 3 is 2.04 bits per heavy atom. The summed E-state index contributed by atoms with van der Waals surface area (Å²) in [6.07, 6.45) is 4.49. The van der Waals surface area contributed by atoms with Crippen LogP contribution in [-0.4, -0.2) is 51.4 Å². The van der Waals surface area contributed by atoms with Crippen molar-refractivity contribution in [2.75, 3.05) is 6.54 Å². The molecule has 1 aliphatic rings. The number of amides is 4. The zero-order valence-electron chi connectivity index (χ0n) is 13.1. The van der Waals surface area contributed by atoms with Gasteiger partial charge in [0.25, 0.3) is 11.8 Å². The predicted molar refractivity (Wildman–Crippen MR) is 80.3 cm³/mol. The summed E-state index contributed by atoms with van der Waals surface area (Å²) in [7, 11) is 0. The number of hydrogen-bond donors (Lipinski definition) is 4. The molecule has 134 valence electrons. The molecule has 0 radical (unpaired) electrons. The molecule has 0 aromatic rings. The fourth-order valence-electron chi connectivity index (χ4n) is 1.67. The summed E-state index contributed by atoms with van der Waals surface area (Å²) in [6.45, 7) is 0.379. The summed E-state index contributed by atoms with van der Waals surface area (Å²) in [5, 5.41) is 16.3. The van der Waals surface area contributed by atoms with Gasteiger partial charge in [-0.25, -0.2) is 5.48 Å². The van der Waals surface area contributed by atoms with E-state index in [2.05, 4.69) is 0 Å². The SMILES string of the molecule is NC(=O)CCC(=O)NO.O=C(O)CCCCCN1C(=O)C=CC1=O. The van der Waals surface area contributed by atoms with E-state index >= 15 is 0 Å². The van der Waals surface area contributed by atoms with Crippen LogP contribution in [0.3, 0.4) is 0 Å². The molecule has 0 unspecified atom stereocenters. The predicted octanol–water partition coefficient (Wildman–Crippen LogP) is -0.686. The molecule has 1 heterocycles. The van der Waals surface area contributed by atoms with Crippen molar-refractivity contribution in [2.45, 2.75) is 38.5 Å². The van der Waals surface area contributed by atoms with Crippen LogP contribution in [0.15, 0.2) is 12.2 Å². The fourth-order valence-corrected chi connectivity index (χ4v) is 1.67. The van der Waals surface area contributed by atoms with E-state index in [1.54, 1.807) is 0 Å². The van der Waals surface area contributed by atoms with Crippen LogP contribution in [0.25, 0.3) is 0 Å². The first-order chi connectivity index (χ1) is 11.3. The van der Waals surface area contributed by atoms with Crippen LogP contribution in [0.4, 0.5) is 0 Å². The van der Waals surface area contributed by atoms with Crippen molar-refractivity contribution in [3.8, 4) is 0 Å². The molecule has 5 N–H and O–H groups in total. The number of hydroxylamine groups is 1. The monoisotopic (exact) mass is 343 g/mol. The van der Waals surface area contributed by atoms with Gasteiger partial charge in [-0.2, -0.15) is 0 Å². The average Bonchev–Trinajstić information content (AvgIpc) is 2.84. The Labute approximate surface area is 138 Å². The molecule has 0 saturated heterocycles.